The molecule has 0 bridgehead atoms. The molecular weight excluding hydrogens is 212 g/mol. The second-order valence-electron chi connectivity index (χ2n) is 4.85. The van der Waals surface area contributed by atoms with Gasteiger partial charge in [-0.15, -0.1) is 0 Å². The maximum atomic E-state index is 5.89. The molecule has 0 radical (unpaired) electrons. The van der Waals surface area contributed by atoms with Crippen molar-refractivity contribution in [1.82, 2.24) is 0 Å². The van der Waals surface area contributed by atoms with Gasteiger partial charge in [0.05, 0.1) is 6.61 Å². The van der Waals surface area contributed by atoms with Gasteiger partial charge in [0, 0.05) is 12.8 Å². The smallest absolute Gasteiger partial charge is 0.201 e. The largest absolute Gasteiger partial charge is 0.344 e. The Morgan fingerprint density at radius 2 is 1.87 bits per heavy atom. The summed E-state index contributed by atoms with van der Waals surface area (Å²) in [5, 5.41) is 0. The molecule has 1 saturated carbocycles. The van der Waals surface area contributed by atoms with E-state index in [4.69, 9.17) is 14.5 Å². The van der Waals surface area contributed by atoms with Crippen LogP contribution in [-0.4, -0.2) is 23.7 Å². The molecule has 88 valence electrons. The molecule has 1 aliphatic heterocycles. The quantitative estimate of drug-likeness (QED) is 0.586. The maximum absolute atomic E-state index is 5.89. The minimum absolute atomic E-state index is 0.315. The molecule has 1 saturated heterocycles. The summed E-state index contributed by atoms with van der Waals surface area (Å²) in [5.41, 5.74) is -0.315. The van der Waals surface area contributed by atoms with Gasteiger partial charge in [0.15, 0.2) is 0 Å². The van der Waals surface area contributed by atoms with Gasteiger partial charge in [-0.1, -0.05) is 6.42 Å². The number of ether oxygens (including phenoxy) is 1. The van der Waals surface area contributed by atoms with Crippen LogP contribution in [-0.2, 0) is 14.5 Å². The lowest BCUT2D eigenvalue weighted by Gasteiger charge is -2.44. The minimum Gasteiger partial charge on any atom is -0.344 e. The first-order valence-corrected chi connectivity index (χ1v) is 6.43. The van der Waals surface area contributed by atoms with E-state index in [1.807, 2.05) is 6.92 Å². The standard InChI is InChI=1S/C11H20O3S/c1-10(7-8-15)9-12-11(14-13-10)5-3-2-4-6-11/h15H,2-9H2,1H3. The maximum Gasteiger partial charge on any atom is 0.201 e. The van der Waals surface area contributed by atoms with Crippen molar-refractivity contribution in [3.63, 3.8) is 0 Å². The summed E-state index contributed by atoms with van der Waals surface area (Å²) in [4.78, 5) is 11.0. The molecule has 0 aromatic carbocycles. The predicted molar refractivity (Wildman–Crippen MR) is 60.8 cm³/mol. The molecular formula is C11H20O3S. The number of hydrogen-bond acceptors (Lipinski definition) is 4. The van der Waals surface area contributed by atoms with Gasteiger partial charge in [-0.2, -0.15) is 12.6 Å². The average Bonchev–Trinajstić information content (AvgIpc) is 2.25. The molecule has 0 amide bonds. The summed E-state index contributed by atoms with van der Waals surface area (Å²) < 4.78 is 5.89. The molecule has 3 nitrogen and oxygen atoms in total. The number of hydrogen-bond donors (Lipinski definition) is 1. The van der Waals surface area contributed by atoms with Crippen molar-refractivity contribution in [2.75, 3.05) is 12.4 Å². The van der Waals surface area contributed by atoms with E-state index in [9.17, 15) is 0 Å². The molecule has 0 N–H and O–H groups in total. The van der Waals surface area contributed by atoms with Crippen LogP contribution in [0, 0.1) is 0 Å². The fourth-order valence-electron chi connectivity index (χ4n) is 2.18. The summed E-state index contributed by atoms with van der Waals surface area (Å²) in [6, 6.07) is 0. The molecule has 1 atom stereocenters. The lowest BCUT2D eigenvalue weighted by Crippen LogP contribution is -2.51. The van der Waals surface area contributed by atoms with Gasteiger partial charge < -0.3 is 4.74 Å². The first kappa shape index (κ1) is 11.7. The second-order valence-corrected chi connectivity index (χ2v) is 5.30. The normalized spacial score (nSPS) is 35.6. The van der Waals surface area contributed by atoms with Crippen LogP contribution in [0.4, 0.5) is 0 Å². The van der Waals surface area contributed by atoms with Crippen molar-refractivity contribution in [1.29, 1.82) is 0 Å². The van der Waals surface area contributed by atoms with E-state index in [1.54, 1.807) is 0 Å². The van der Waals surface area contributed by atoms with Crippen LogP contribution in [0.1, 0.15) is 45.4 Å². The van der Waals surface area contributed by atoms with Gasteiger partial charge in [-0.05, 0) is 31.9 Å². The lowest BCUT2D eigenvalue weighted by molar-refractivity contribution is -0.514. The predicted octanol–water partition coefficient (Wildman–Crippen LogP) is 2.70. The van der Waals surface area contributed by atoms with Crippen LogP contribution >= 0.6 is 12.6 Å². The number of thiol groups is 1. The van der Waals surface area contributed by atoms with E-state index in [-0.39, 0.29) is 5.60 Å². The van der Waals surface area contributed by atoms with Crippen molar-refractivity contribution in [2.45, 2.75) is 56.8 Å². The van der Waals surface area contributed by atoms with Crippen LogP contribution in [0.2, 0.25) is 0 Å². The van der Waals surface area contributed by atoms with Crippen LogP contribution in [0.5, 0.6) is 0 Å². The Bertz CT molecular complexity index is 204. The van der Waals surface area contributed by atoms with Crippen LogP contribution in [0.3, 0.4) is 0 Å². The van der Waals surface area contributed by atoms with E-state index < -0.39 is 5.79 Å². The van der Waals surface area contributed by atoms with Crippen LogP contribution < -0.4 is 0 Å². The molecule has 0 aromatic rings. The van der Waals surface area contributed by atoms with E-state index in [0.717, 1.165) is 25.0 Å². The van der Waals surface area contributed by atoms with Crippen molar-refractivity contribution in [2.24, 2.45) is 0 Å². The van der Waals surface area contributed by atoms with E-state index in [0.29, 0.717) is 6.61 Å². The average molecular weight is 232 g/mol. The molecule has 2 rings (SSSR count). The zero-order chi connectivity index (χ0) is 10.8. The Morgan fingerprint density at radius 3 is 2.40 bits per heavy atom. The molecule has 1 heterocycles. The monoisotopic (exact) mass is 232 g/mol. The van der Waals surface area contributed by atoms with Crippen molar-refractivity contribution >= 4 is 12.6 Å². The number of rotatable bonds is 2. The summed E-state index contributed by atoms with van der Waals surface area (Å²) in [6.07, 6.45) is 6.40. The van der Waals surface area contributed by atoms with E-state index in [2.05, 4.69) is 12.6 Å². The Hall–Kier alpha value is 0.230. The zero-order valence-corrected chi connectivity index (χ0v) is 10.2. The van der Waals surface area contributed by atoms with Crippen molar-refractivity contribution in [3.05, 3.63) is 0 Å². The molecule has 1 unspecified atom stereocenters. The third-order valence-corrected chi connectivity index (χ3v) is 3.51. The molecule has 1 spiro atoms. The molecule has 2 aliphatic rings. The fourth-order valence-corrected chi connectivity index (χ4v) is 2.65. The second kappa shape index (κ2) is 4.62. The van der Waals surface area contributed by atoms with Gasteiger partial charge in [0.1, 0.15) is 5.60 Å². The Kier molecular flexibility index (Phi) is 3.60. The van der Waals surface area contributed by atoms with Crippen molar-refractivity contribution in [3.8, 4) is 0 Å². The van der Waals surface area contributed by atoms with Gasteiger partial charge in [-0.3, -0.25) is 0 Å². The Labute approximate surface area is 96.8 Å². The van der Waals surface area contributed by atoms with Crippen LogP contribution in [0.15, 0.2) is 0 Å². The molecule has 15 heavy (non-hydrogen) atoms. The first-order valence-electron chi connectivity index (χ1n) is 5.80. The van der Waals surface area contributed by atoms with Crippen LogP contribution in [0.25, 0.3) is 0 Å². The third-order valence-electron chi connectivity index (χ3n) is 3.29. The molecule has 0 aromatic heterocycles. The zero-order valence-electron chi connectivity index (χ0n) is 9.33. The summed E-state index contributed by atoms with van der Waals surface area (Å²) in [5.74, 6) is 0.352. The van der Waals surface area contributed by atoms with E-state index >= 15 is 0 Å². The van der Waals surface area contributed by atoms with Crippen molar-refractivity contribution < 1.29 is 14.5 Å². The van der Waals surface area contributed by atoms with E-state index in [1.165, 1.54) is 19.3 Å². The van der Waals surface area contributed by atoms with Gasteiger partial charge in [0.2, 0.25) is 5.79 Å². The summed E-state index contributed by atoms with van der Waals surface area (Å²) in [7, 11) is 0. The Balaban J connectivity index is 1.90. The lowest BCUT2D eigenvalue weighted by atomic mass is 9.93. The highest BCUT2D eigenvalue weighted by molar-refractivity contribution is 7.80. The summed E-state index contributed by atoms with van der Waals surface area (Å²) in [6.45, 7) is 2.63. The highest BCUT2D eigenvalue weighted by Crippen LogP contribution is 2.38. The van der Waals surface area contributed by atoms with Gasteiger partial charge in [0.25, 0.3) is 0 Å². The minimum atomic E-state index is -0.436. The Morgan fingerprint density at radius 1 is 1.13 bits per heavy atom. The fraction of sp³-hybridized carbons (Fsp3) is 1.00. The molecule has 1 aliphatic carbocycles. The highest BCUT2D eigenvalue weighted by Gasteiger charge is 2.44. The topological polar surface area (TPSA) is 27.7 Å². The van der Waals surface area contributed by atoms with Gasteiger partial charge >= 0.3 is 0 Å². The summed E-state index contributed by atoms with van der Waals surface area (Å²) >= 11 is 4.21. The molecule has 2 fully saturated rings. The first-order chi connectivity index (χ1) is 7.18. The van der Waals surface area contributed by atoms with Gasteiger partial charge in [-0.25, -0.2) is 9.78 Å². The SMILES string of the molecule is CC1(CCS)COC2(CCCCC2)OO1. The molecule has 4 heteroatoms. The highest BCUT2D eigenvalue weighted by atomic mass is 32.1. The third kappa shape index (κ3) is 2.67.